The summed E-state index contributed by atoms with van der Waals surface area (Å²) < 4.78 is 0. The molecule has 3 unspecified atom stereocenters. The van der Waals surface area contributed by atoms with Crippen LogP contribution in [0.5, 0.6) is 0 Å². The van der Waals surface area contributed by atoms with E-state index in [-0.39, 0.29) is 24.3 Å². The van der Waals surface area contributed by atoms with Crippen LogP contribution in [0.15, 0.2) is 0 Å². The standard InChI is InChI=1S/C9H16N2O4/c1-5-2-10-3-6(5)8(13)11-4-7(12)9(14)15/h5-7,10,12H,2-4H2,1H3,(H,11,13)(H,14,15). The molecule has 1 aliphatic rings. The van der Waals surface area contributed by atoms with Gasteiger partial charge >= 0.3 is 5.97 Å². The Morgan fingerprint density at radius 2 is 2.20 bits per heavy atom. The number of rotatable bonds is 4. The van der Waals surface area contributed by atoms with Crippen LogP contribution in [0, 0.1) is 11.8 Å². The molecule has 1 rings (SSSR count). The van der Waals surface area contributed by atoms with Crippen molar-refractivity contribution in [1.82, 2.24) is 10.6 Å². The van der Waals surface area contributed by atoms with Gasteiger partial charge in [0.15, 0.2) is 6.10 Å². The third kappa shape index (κ3) is 3.17. The van der Waals surface area contributed by atoms with Gasteiger partial charge in [-0.2, -0.15) is 0 Å². The van der Waals surface area contributed by atoms with Crippen LogP contribution < -0.4 is 10.6 Å². The fraction of sp³-hybridized carbons (Fsp3) is 0.778. The predicted octanol–water partition coefficient (Wildman–Crippen LogP) is -1.60. The summed E-state index contributed by atoms with van der Waals surface area (Å²) in [7, 11) is 0. The molecule has 1 saturated heterocycles. The van der Waals surface area contributed by atoms with Crippen molar-refractivity contribution in [3.63, 3.8) is 0 Å². The number of hydrogen-bond donors (Lipinski definition) is 4. The molecule has 1 heterocycles. The number of carbonyl (C=O) groups is 2. The monoisotopic (exact) mass is 216 g/mol. The van der Waals surface area contributed by atoms with Crippen LogP contribution in [0.1, 0.15) is 6.92 Å². The molecule has 0 aromatic rings. The third-order valence-corrected chi connectivity index (χ3v) is 2.61. The van der Waals surface area contributed by atoms with Gasteiger partial charge in [-0.25, -0.2) is 4.79 Å². The van der Waals surface area contributed by atoms with E-state index in [0.717, 1.165) is 6.54 Å². The first-order valence-corrected chi connectivity index (χ1v) is 4.91. The Kier molecular flexibility index (Phi) is 4.05. The Balaban J connectivity index is 2.32. The number of carbonyl (C=O) groups excluding carboxylic acids is 1. The highest BCUT2D eigenvalue weighted by molar-refractivity contribution is 5.80. The second-order valence-electron chi connectivity index (χ2n) is 3.84. The average Bonchev–Trinajstić information content (AvgIpc) is 2.60. The van der Waals surface area contributed by atoms with Crippen LogP contribution in [-0.4, -0.2) is 47.8 Å². The number of nitrogens with one attached hydrogen (secondary N) is 2. The lowest BCUT2D eigenvalue weighted by Gasteiger charge is -2.14. The van der Waals surface area contributed by atoms with Crippen LogP contribution in [0.3, 0.4) is 0 Å². The first kappa shape index (κ1) is 11.9. The molecule has 86 valence electrons. The van der Waals surface area contributed by atoms with Gasteiger partial charge in [0.1, 0.15) is 0 Å². The quantitative estimate of drug-likeness (QED) is 0.454. The molecule has 1 fully saturated rings. The van der Waals surface area contributed by atoms with Crippen molar-refractivity contribution in [1.29, 1.82) is 0 Å². The fourth-order valence-corrected chi connectivity index (χ4v) is 1.58. The number of amides is 1. The lowest BCUT2D eigenvalue weighted by molar-refractivity contribution is -0.146. The van der Waals surface area contributed by atoms with Gasteiger partial charge < -0.3 is 20.8 Å². The van der Waals surface area contributed by atoms with E-state index in [1.807, 2.05) is 6.92 Å². The summed E-state index contributed by atoms with van der Waals surface area (Å²) in [5.41, 5.74) is 0. The molecule has 0 aromatic heterocycles. The highest BCUT2D eigenvalue weighted by Gasteiger charge is 2.29. The van der Waals surface area contributed by atoms with E-state index in [1.54, 1.807) is 0 Å². The van der Waals surface area contributed by atoms with Crippen molar-refractivity contribution in [2.75, 3.05) is 19.6 Å². The average molecular weight is 216 g/mol. The molecule has 0 radical (unpaired) electrons. The van der Waals surface area contributed by atoms with Gasteiger partial charge in [-0.1, -0.05) is 6.92 Å². The number of aliphatic carboxylic acids is 1. The van der Waals surface area contributed by atoms with Crippen molar-refractivity contribution in [2.45, 2.75) is 13.0 Å². The molecule has 0 saturated carbocycles. The molecule has 0 aliphatic carbocycles. The molecule has 15 heavy (non-hydrogen) atoms. The third-order valence-electron chi connectivity index (χ3n) is 2.61. The van der Waals surface area contributed by atoms with E-state index in [9.17, 15) is 9.59 Å². The number of hydrogen-bond acceptors (Lipinski definition) is 4. The number of aliphatic hydroxyl groups is 1. The Morgan fingerprint density at radius 1 is 1.53 bits per heavy atom. The van der Waals surface area contributed by atoms with Crippen molar-refractivity contribution in [3.8, 4) is 0 Å². The van der Waals surface area contributed by atoms with Crippen LogP contribution in [-0.2, 0) is 9.59 Å². The largest absolute Gasteiger partial charge is 0.479 e. The molecule has 1 amide bonds. The summed E-state index contributed by atoms with van der Waals surface area (Å²) in [5, 5.41) is 22.9. The molecule has 6 nitrogen and oxygen atoms in total. The van der Waals surface area contributed by atoms with Gasteiger partial charge in [-0.3, -0.25) is 4.79 Å². The van der Waals surface area contributed by atoms with Crippen LogP contribution in [0.25, 0.3) is 0 Å². The zero-order valence-electron chi connectivity index (χ0n) is 8.56. The van der Waals surface area contributed by atoms with E-state index in [2.05, 4.69) is 10.6 Å². The Bertz CT molecular complexity index is 256. The van der Waals surface area contributed by atoms with Crippen molar-refractivity contribution in [2.24, 2.45) is 11.8 Å². The van der Waals surface area contributed by atoms with E-state index < -0.39 is 12.1 Å². The molecule has 0 bridgehead atoms. The molecule has 6 heteroatoms. The summed E-state index contributed by atoms with van der Waals surface area (Å²) in [6, 6.07) is 0. The Labute approximate surface area is 87.7 Å². The topological polar surface area (TPSA) is 98.7 Å². The number of carboxylic acid groups (broad SMARTS) is 1. The molecule has 0 spiro atoms. The maximum Gasteiger partial charge on any atom is 0.334 e. The van der Waals surface area contributed by atoms with Crippen LogP contribution >= 0.6 is 0 Å². The smallest absolute Gasteiger partial charge is 0.334 e. The minimum absolute atomic E-state index is 0.133. The zero-order valence-corrected chi connectivity index (χ0v) is 8.56. The lowest BCUT2D eigenvalue weighted by atomic mass is 9.97. The highest BCUT2D eigenvalue weighted by atomic mass is 16.4. The number of carboxylic acids is 1. The Morgan fingerprint density at radius 3 is 2.67 bits per heavy atom. The van der Waals surface area contributed by atoms with Crippen LogP contribution in [0.4, 0.5) is 0 Å². The van der Waals surface area contributed by atoms with Gasteiger partial charge in [-0.05, 0) is 12.5 Å². The molecular weight excluding hydrogens is 200 g/mol. The Hall–Kier alpha value is -1.14. The molecule has 4 N–H and O–H groups in total. The lowest BCUT2D eigenvalue weighted by Crippen LogP contribution is -2.41. The van der Waals surface area contributed by atoms with Crippen molar-refractivity contribution in [3.05, 3.63) is 0 Å². The summed E-state index contributed by atoms with van der Waals surface area (Å²) in [6.07, 6.45) is -1.53. The normalized spacial score (nSPS) is 27.3. The highest BCUT2D eigenvalue weighted by Crippen LogP contribution is 2.15. The fourth-order valence-electron chi connectivity index (χ4n) is 1.58. The molecule has 1 aliphatic heterocycles. The number of aliphatic hydroxyl groups excluding tert-OH is 1. The summed E-state index contributed by atoms with van der Waals surface area (Å²) >= 11 is 0. The van der Waals surface area contributed by atoms with Crippen molar-refractivity contribution < 1.29 is 19.8 Å². The minimum Gasteiger partial charge on any atom is -0.479 e. The van der Waals surface area contributed by atoms with Gasteiger partial charge in [0.25, 0.3) is 0 Å². The van der Waals surface area contributed by atoms with Crippen LogP contribution in [0.2, 0.25) is 0 Å². The van der Waals surface area contributed by atoms with E-state index in [0.29, 0.717) is 6.54 Å². The van der Waals surface area contributed by atoms with E-state index in [1.165, 1.54) is 0 Å². The maximum absolute atomic E-state index is 11.5. The molecule has 3 atom stereocenters. The second kappa shape index (κ2) is 5.09. The second-order valence-corrected chi connectivity index (χ2v) is 3.84. The molecular formula is C9H16N2O4. The van der Waals surface area contributed by atoms with Gasteiger partial charge in [0.2, 0.25) is 5.91 Å². The summed E-state index contributed by atoms with van der Waals surface area (Å²) in [5.74, 6) is -1.42. The van der Waals surface area contributed by atoms with Gasteiger partial charge in [0.05, 0.1) is 12.5 Å². The summed E-state index contributed by atoms with van der Waals surface area (Å²) in [4.78, 5) is 21.8. The summed E-state index contributed by atoms with van der Waals surface area (Å²) in [6.45, 7) is 3.12. The zero-order chi connectivity index (χ0) is 11.4. The maximum atomic E-state index is 11.5. The minimum atomic E-state index is -1.53. The van der Waals surface area contributed by atoms with Crippen molar-refractivity contribution >= 4 is 11.9 Å². The van der Waals surface area contributed by atoms with E-state index >= 15 is 0 Å². The SMILES string of the molecule is CC1CNCC1C(=O)NCC(O)C(=O)O. The van der Waals surface area contributed by atoms with Gasteiger partial charge in [0, 0.05) is 6.54 Å². The van der Waals surface area contributed by atoms with E-state index in [4.69, 9.17) is 10.2 Å². The first-order chi connectivity index (χ1) is 7.02. The molecule has 0 aromatic carbocycles. The van der Waals surface area contributed by atoms with Gasteiger partial charge in [-0.15, -0.1) is 0 Å². The first-order valence-electron chi connectivity index (χ1n) is 4.91. The predicted molar refractivity (Wildman–Crippen MR) is 52.2 cm³/mol.